The van der Waals surface area contributed by atoms with Crippen LogP contribution in [0.2, 0.25) is 0 Å². The zero-order valence-corrected chi connectivity index (χ0v) is 17.7. The van der Waals surface area contributed by atoms with E-state index in [1.54, 1.807) is 7.11 Å². The van der Waals surface area contributed by atoms with Gasteiger partial charge in [-0.2, -0.15) is 0 Å². The molecule has 27 heavy (non-hydrogen) atoms. The number of benzene rings is 1. The van der Waals surface area contributed by atoms with Gasteiger partial charge in [-0.15, -0.1) is 0 Å². The second-order valence-corrected chi connectivity index (χ2v) is 8.19. The van der Waals surface area contributed by atoms with Crippen LogP contribution in [0.25, 0.3) is 0 Å². The highest BCUT2D eigenvalue weighted by Crippen LogP contribution is 2.15. The van der Waals surface area contributed by atoms with Crippen LogP contribution < -0.4 is 0 Å². The van der Waals surface area contributed by atoms with Crippen LogP contribution in [-0.4, -0.2) is 55.1 Å². The first-order valence-electron chi connectivity index (χ1n) is 9.90. The van der Waals surface area contributed by atoms with Crippen LogP contribution in [0, 0.1) is 5.92 Å². The molecule has 0 aliphatic carbocycles. The first-order chi connectivity index (χ1) is 12.7. The Hall–Kier alpha value is -1.59. The summed E-state index contributed by atoms with van der Waals surface area (Å²) >= 11 is 0. The van der Waals surface area contributed by atoms with Crippen molar-refractivity contribution >= 4 is 6.09 Å². The normalized spacial score (nSPS) is 12.7. The molecule has 154 valence electrons. The molecule has 0 radical (unpaired) electrons. The SMILES string of the molecule is COCC[C@@H](C)CCN(CCc1cccc(CCO)c1)C(=O)OC(C)(C)C. The second kappa shape index (κ2) is 12.0. The lowest BCUT2D eigenvalue weighted by Crippen LogP contribution is -2.39. The number of carbonyl (C=O) groups is 1. The Labute approximate surface area is 164 Å². The number of hydrogen-bond donors (Lipinski definition) is 1. The van der Waals surface area contributed by atoms with Gasteiger partial charge >= 0.3 is 6.09 Å². The summed E-state index contributed by atoms with van der Waals surface area (Å²) in [5.74, 6) is 0.489. The third kappa shape index (κ3) is 10.4. The van der Waals surface area contributed by atoms with Gasteiger partial charge < -0.3 is 19.5 Å². The van der Waals surface area contributed by atoms with Crippen LogP contribution >= 0.6 is 0 Å². The molecule has 0 bridgehead atoms. The van der Waals surface area contributed by atoms with E-state index < -0.39 is 5.60 Å². The maximum Gasteiger partial charge on any atom is 0.410 e. The summed E-state index contributed by atoms with van der Waals surface area (Å²) in [6.07, 6.45) is 3.08. The molecular weight excluding hydrogens is 342 g/mol. The summed E-state index contributed by atoms with van der Waals surface area (Å²) in [5.41, 5.74) is 1.78. The van der Waals surface area contributed by atoms with Gasteiger partial charge in [-0.25, -0.2) is 4.79 Å². The molecule has 1 rings (SSSR count). The van der Waals surface area contributed by atoms with Crippen molar-refractivity contribution in [1.29, 1.82) is 0 Å². The lowest BCUT2D eigenvalue weighted by atomic mass is 10.0. The molecule has 5 heteroatoms. The van der Waals surface area contributed by atoms with Gasteiger partial charge in [0.2, 0.25) is 0 Å². The highest BCUT2D eigenvalue weighted by atomic mass is 16.6. The molecule has 0 fully saturated rings. The van der Waals surface area contributed by atoms with Crippen molar-refractivity contribution in [2.75, 3.05) is 33.4 Å². The summed E-state index contributed by atoms with van der Waals surface area (Å²) < 4.78 is 10.7. The van der Waals surface area contributed by atoms with Crippen LogP contribution in [0.5, 0.6) is 0 Å². The number of ether oxygens (including phenoxy) is 2. The van der Waals surface area contributed by atoms with Crippen molar-refractivity contribution in [3.8, 4) is 0 Å². The van der Waals surface area contributed by atoms with E-state index in [-0.39, 0.29) is 12.7 Å². The largest absolute Gasteiger partial charge is 0.444 e. The molecule has 0 saturated carbocycles. The minimum Gasteiger partial charge on any atom is -0.444 e. The molecule has 0 aliphatic heterocycles. The third-order valence-electron chi connectivity index (χ3n) is 4.42. The number of nitrogens with zero attached hydrogens (tertiary/aromatic N) is 1. The zero-order valence-electron chi connectivity index (χ0n) is 17.7. The molecule has 5 nitrogen and oxygen atoms in total. The Balaban J connectivity index is 2.69. The molecule has 0 unspecified atom stereocenters. The number of aliphatic hydroxyl groups excluding tert-OH is 1. The summed E-state index contributed by atoms with van der Waals surface area (Å²) in [6, 6.07) is 8.19. The van der Waals surface area contributed by atoms with Crippen molar-refractivity contribution in [2.45, 2.75) is 59.0 Å². The van der Waals surface area contributed by atoms with Crippen molar-refractivity contribution in [2.24, 2.45) is 5.92 Å². The van der Waals surface area contributed by atoms with E-state index in [9.17, 15) is 4.79 Å². The van der Waals surface area contributed by atoms with Crippen LogP contribution in [0.15, 0.2) is 24.3 Å². The summed E-state index contributed by atoms with van der Waals surface area (Å²) in [7, 11) is 1.71. The third-order valence-corrected chi connectivity index (χ3v) is 4.42. The predicted molar refractivity (Wildman–Crippen MR) is 109 cm³/mol. The van der Waals surface area contributed by atoms with E-state index in [4.69, 9.17) is 14.6 Å². The van der Waals surface area contributed by atoms with Gasteiger partial charge in [-0.3, -0.25) is 0 Å². The monoisotopic (exact) mass is 379 g/mol. The minimum absolute atomic E-state index is 0.146. The Kier molecular flexibility index (Phi) is 10.4. The number of carbonyl (C=O) groups excluding carboxylic acids is 1. The fourth-order valence-electron chi connectivity index (χ4n) is 2.79. The average Bonchev–Trinajstić information content (AvgIpc) is 2.59. The predicted octanol–water partition coefficient (Wildman–Crippen LogP) is 4.06. The first-order valence-corrected chi connectivity index (χ1v) is 9.90. The molecule has 0 saturated heterocycles. The number of aliphatic hydroxyl groups is 1. The van der Waals surface area contributed by atoms with Gasteiger partial charge in [-0.1, -0.05) is 31.2 Å². The molecule has 0 spiro atoms. The first kappa shape index (κ1) is 23.4. The van der Waals surface area contributed by atoms with E-state index >= 15 is 0 Å². The molecule has 1 amide bonds. The van der Waals surface area contributed by atoms with Gasteiger partial charge in [0.05, 0.1) is 0 Å². The Morgan fingerprint density at radius 1 is 1.15 bits per heavy atom. The number of rotatable bonds is 11. The fourth-order valence-corrected chi connectivity index (χ4v) is 2.79. The number of amides is 1. The summed E-state index contributed by atoms with van der Waals surface area (Å²) in [6.45, 7) is 10.0. The molecule has 1 aromatic rings. The van der Waals surface area contributed by atoms with Crippen LogP contribution in [0.3, 0.4) is 0 Å². The quantitative estimate of drug-likeness (QED) is 0.630. The Morgan fingerprint density at radius 3 is 2.41 bits per heavy atom. The standard InChI is InChI=1S/C22H37NO4/c1-18(12-16-26-5)9-13-23(21(25)27-22(2,3)4)14-10-19-7-6-8-20(17-19)11-15-24/h6-8,17-18,24H,9-16H2,1-5H3/t18-/m0/s1. The van der Waals surface area contributed by atoms with Gasteiger partial charge in [-0.05, 0) is 63.5 Å². The number of hydrogen-bond acceptors (Lipinski definition) is 4. The highest BCUT2D eigenvalue weighted by Gasteiger charge is 2.22. The zero-order chi connectivity index (χ0) is 20.3. The Morgan fingerprint density at radius 2 is 1.81 bits per heavy atom. The van der Waals surface area contributed by atoms with Gasteiger partial charge in [0.15, 0.2) is 0 Å². The Bertz CT molecular complexity index is 553. The van der Waals surface area contributed by atoms with Crippen molar-refractivity contribution < 1.29 is 19.4 Å². The molecule has 1 N–H and O–H groups in total. The van der Waals surface area contributed by atoms with Crippen molar-refractivity contribution in [3.05, 3.63) is 35.4 Å². The smallest absolute Gasteiger partial charge is 0.410 e. The average molecular weight is 380 g/mol. The maximum atomic E-state index is 12.6. The maximum absolute atomic E-state index is 12.6. The van der Waals surface area contributed by atoms with Gasteiger partial charge in [0.1, 0.15) is 5.60 Å². The van der Waals surface area contributed by atoms with Crippen LogP contribution in [0.4, 0.5) is 4.79 Å². The molecular formula is C22H37NO4. The van der Waals surface area contributed by atoms with Crippen LogP contribution in [-0.2, 0) is 22.3 Å². The van der Waals surface area contributed by atoms with Crippen molar-refractivity contribution in [3.63, 3.8) is 0 Å². The topological polar surface area (TPSA) is 59.0 Å². The lowest BCUT2D eigenvalue weighted by Gasteiger charge is -2.28. The van der Waals surface area contributed by atoms with Crippen LogP contribution in [0.1, 0.15) is 51.7 Å². The minimum atomic E-state index is -0.502. The van der Waals surface area contributed by atoms with E-state index in [1.165, 1.54) is 5.56 Å². The van der Waals surface area contributed by atoms with E-state index in [2.05, 4.69) is 19.1 Å². The van der Waals surface area contributed by atoms with E-state index in [0.29, 0.717) is 25.4 Å². The lowest BCUT2D eigenvalue weighted by molar-refractivity contribution is 0.0241. The van der Waals surface area contributed by atoms with Crippen molar-refractivity contribution in [1.82, 2.24) is 4.90 Å². The molecule has 0 aromatic heterocycles. The van der Waals surface area contributed by atoms with E-state index in [0.717, 1.165) is 31.4 Å². The molecule has 0 heterocycles. The van der Waals surface area contributed by atoms with Gasteiger partial charge in [0.25, 0.3) is 0 Å². The van der Waals surface area contributed by atoms with Gasteiger partial charge in [0, 0.05) is 33.4 Å². The molecule has 1 aromatic carbocycles. The highest BCUT2D eigenvalue weighted by molar-refractivity contribution is 5.68. The summed E-state index contributed by atoms with van der Waals surface area (Å²) in [4.78, 5) is 14.4. The molecule has 0 aliphatic rings. The summed E-state index contributed by atoms with van der Waals surface area (Å²) in [5, 5.41) is 9.11. The number of methoxy groups -OCH3 is 1. The molecule has 1 atom stereocenters. The van der Waals surface area contributed by atoms with E-state index in [1.807, 2.05) is 37.8 Å². The fraction of sp³-hybridized carbons (Fsp3) is 0.682. The second-order valence-electron chi connectivity index (χ2n) is 8.19.